The molecule has 2 aromatic carbocycles. The van der Waals surface area contributed by atoms with Gasteiger partial charge in [0, 0.05) is 24.2 Å². The Morgan fingerprint density at radius 2 is 1.81 bits per heavy atom. The van der Waals surface area contributed by atoms with Crippen LogP contribution in [0.3, 0.4) is 0 Å². The number of rotatable bonds is 7. The monoisotopic (exact) mass is 454 g/mol. The molecule has 32 heavy (non-hydrogen) atoms. The average molecular weight is 455 g/mol. The van der Waals surface area contributed by atoms with E-state index in [1.54, 1.807) is 13.2 Å². The molecule has 2 amide bonds. The van der Waals surface area contributed by atoms with Gasteiger partial charge in [-0.1, -0.05) is 12.1 Å². The summed E-state index contributed by atoms with van der Waals surface area (Å²) in [5, 5.41) is 0. The molecule has 2 saturated carbocycles. The smallest absolute Gasteiger partial charge is 0.269 e. The van der Waals surface area contributed by atoms with E-state index in [-0.39, 0.29) is 28.4 Å². The number of amides is 2. The second-order valence-corrected chi connectivity index (χ2v) is 10.7. The van der Waals surface area contributed by atoms with Crippen LogP contribution in [-0.2, 0) is 16.6 Å². The van der Waals surface area contributed by atoms with Crippen LogP contribution in [0.2, 0.25) is 0 Å². The number of hydrogen-bond acceptors (Lipinski definition) is 5. The molecular weight excluding hydrogens is 428 g/mol. The molecule has 1 aliphatic heterocycles. The summed E-state index contributed by atoms with van der Waals surface area (Å²) in [5.74, 6) is 0.483. The molecule has 2 aromatic rings. The quantitative estimate of drug-likeness (QED) is 0.640. The molecule has 0 radical (unpaired) electrons. The molecule has 2 aliphatic carbocycles. The Kier molecular flexibility index (Phi) is 5.00. The van der Waals surface area contributed by atoms with Gasteiger partial charge in [-0.2, -0.15) is 0 Å². The highest BCUT2D eigenvalue weighted by atomic mass is 32.2. The second kappa shape index (κ2) is 7.62. The summed E-state index contributed by atoms with van der Waals surface area (Å²) >= 11 is 0. The van der Waals surface area contributed by atoms with Gasteiger partial charge in [0.05, 0.1) is 12.7 Å². The average Bonchev–Trinajstić information content (AvgIpc) is 3.70. The maximum atomic E-state index is 13.6. The lowest BCUT2D eigenvalue weighted by Gasteiger charge is -2.30. The lowest BCUT2D eigenvalue weighted by atomic mass is 10.1. The third-order valence-electron chi connectivity index (χ3n) is 6.64. The van der Waals surface area contributed by atoms with Gasteiger partial charge in [-0.05, 0) is 74.4 Å². The van der Waals surface area contributed by atoms with Crippen molar-refractivity contribution in [3.05, 3.63) is 59.2 Å². The number of hydrogen-bond donors (Lipinski definition) is 0. The van der Waals surface area contributed by atoms with Gasteiger partial charge >= 0.3 is 0 Å². The summed E-state index contributed by atoms with van der Waals surface area (Å²) in [6.45, 7) is 2.46. The Hall–Kier alpha value is -2.87. The highest BCUT2D eigenvalue weighted by Crippen LogP contribution is 2.40. The zero-order valence-electron chi connectivity index (χ0n) is 18.2. The largest absolute Gasteiger partial charge is 0.497 e. The van der Waals surface area contributed by atoms with Crippen molar-refractivity contribution in [3.8, 4) is 5.75 Å². The number of methoxy groups -OCH3 is 1. The standard InChI is InChI=1S/C24H26N2O5S/c1-15(17-5-6-17)25(14-16-3-10-20(31-2)11-4-16)23(27)18-7-12-21-22(13-18)32(29,30)26(24(21)28)19-8-9-19/h3-4,7,10-13,15,17,19H,5-6,8-9,14H2,1-2H3. The summed E-state index contributed by atoms with van der Waals surface area (Å²) in [6, 6.07) is 11.8. The number of carbonyl (C=O) groups excluding carboxylic acids is 2. The first kappa shape index (κ1) is 21.0. The number of ether oxygens (including phenoxy) is 1. The first-order valence-corrected chi connectivity index (χ1v) is 12.4. The molecule has 0 N–H and O–H groups in total. The molecule has 7 nitrogen and oxygen atoms in total. The van der Waals surface area contributed by atoms with E-state index < -0.39 is 15.9 Å². The molecule has 8 heteroatoms. The van der Waals surface area contributed by atoms with Crippen molar-refractivity contribution in [2.24, 2.45) is 5.92 Å². The molecule has 2 fully saturated rings. The van der Waals surface area contributed by atoms with Crippen LogP contribution in [0.1, 0.15) is 58.9 Å². The predicted molar refractivity (Wildman–Crippen MR) is 118 cm³/mol. The first-order chi connectivity index (χ1) is 15.3. The van der Waals surface area contributed by atoms with E-state index in [1.165, 1.54) is 12.1 Å². The number of fused-ring (bicyclic) bond motifs is 1. The van der Waals surface area contributed by atoms with E-state index in [2.05, 4.69) is 0 Å². The van der Waals surface area contributed by atoms with Crippen LogP contribution < -0.4 is 4.74 Å². The number of sulfonamides is 1. The molecule has 168 valence electrons. The van der Waals surface area contributed by atoms with Gasteiger partial charge in [-0.25, -0.2) is 12.7 Å². The Morgan fingerprint density at radius 3 is 2.41 bits per heavy atom. The predicted octanol–water partition coefficient (Wildman–Crippen LogP) is 3.44. The minimum Gasteiger partial charge on any atom is -0.497 e. The zero-order valence-corrected chi connectivity index (χ0v) is 19.0. The Labute approximate surface area is 188 Å². The van der Waals surface area contributed by atoms with Crippen molar-refractivity contribution in [1.82, 2.24) is 9.21 Å². The molecule has 1 heterocycles. The lowest BCUT2D eigenvalue weighted by Crippen LogP contribution is -2.39. The van der Waals surface area contributed by atoms with Gasteiger partial charge in [0.15, 0.2) is 0 Å². The van der Waals surface area contributed by atoms with Crippen molar-refractivity contribution in [2.75, 3.05) is 7.11 Å². The number of carbonyl (C=O) groups is 2. The molecular formula is C24H26N2O5S. The van der Waals surface area contributed by atoms with Crippen LogP contribution in [0, 0.1) is 5.92 Å². The fraction of sp³-hybridized carbons (Fsp3) is 0.417. The van der Waals surface area contributed by atoms with Crippen molar-refractivity contribution < 1.29 is 22.7 Å². The minimum atomic E-state index is -3.91. The van der Waals surface area contributed by atoms with Crippen LogP contribution in [0.4, 0.5) is 0 Å². The van der Waals surface area contributed by atoms with Crippen LogP contribution in [0.25, 0.3) is 0 Å². The fourth-order valence-corrected chi connectivity index (χ4v) is 6.22. The van der Waals surface area contributed by atoms with Gasteiger partial charge in [0.25, 0.3) is 21.8 Å². The zero-order chi connectivity index (χ0) is 22.6. The van der Waals surface area contributed by atoms with E-state index in [0.29, 0.717) is 30.9 Å². The Morgan fingerprint density at radius 1 is 1.12 bits per heavy atom. The van der Waals surface area contributed by atoms with Crippen molar-refractivity contribution in [3.63, 3.8) is 0 Å². The fourth-order valence-electron chi connectivity index (χ4n) is 4.38. The second-order valence-electron chi connectivity index (χ2n) is 8.91. The van der Waals surface area contributed by atoms with Crippen molar-refractivity contribution >= 4 is 21.8 Å². The topological polar surface area (TPSA) is 84.0 Å². The van der Waals surface area contributed by atoms with Gasteiger partial charge in [-0.3, -0.25) is 9.59 Å². The summed E-state index contributed by atoms with van der Waals surface area (Å²) in [7, 11) is -2.30. The van der Waals surface area contributed by atoms with Gasteiger partial charge in [0.2, 0.25) is 0 Å². The molecule has 1 atom stereocenters. The van der Waals surface area contributed by atoms with E-state index >= 15 is 0 Å². The minimum absolute atomic E-state index is 0.0269. The summed E-state index contributed by atoms with van der Waals surface area (Å²) < 4.78 is 32.2. The van der Waals surface area contributed by atoms with Crippen molar-refractivity contribution in [2.45, 2.75) is 56.1 Å². The SMILES string of the molecule is COc1ccc(CN(C(=O)c2ccc3c(c2)S(=O)(=O)N(C2CC2)C3=O)C(C)C2CC2)cc1. The molecule has 0 aromatic heterocycles. The maximum absolute atomic E-state index is 13.6. The highest BCUT2D eigenvalue weighted by Gasteiger charge is 2.49. The third kappa shape index (κ3) is 3.56. The van der Waals surface area contributed by atoms with E-state index in [1.807, 2.05) is 36.1 Å². The highest BCUT2D eigenvalue weighted by molar-refractivity contribution is 7.90. The summed E-state index contributed by atoms with van der Waals surface area (Å²) in [6.07, 6.45) is 3.55. The first-order valence-electron chi connectivity index (χ1n) is 11.0. The normalized spacial score (nSPS) is 20.1. The van der Waals surface area contributed by atoms with Crippen LogP contribution in [-0.4, -0.2) is 48.6 Å². The van der Waals surface area contributed by atoms with Gasteiger partial charge in [-0.15, -0.1) is 0 Å². The molecule has 0 spiro atoms. The number of benzene rings is 2. The summed E-state index contributed by atoms with van der Waals surface area (Å²) in [4.78, 5) is 28.0. The van der Waals surface area contributed by atoms with Crippen LogP contribution >= 0.6 is 0 Å². The Bertz CT molecular complexity index is 1180. The van der Waals surface area contributed by atoms with Crippen LogP contribution in [0.5, 0.6) is 5.75 Å². The Balaban J connectivity index is 1.46. The molecule has 1 unspecified atom stereocenters. The third-order valence-corrected chi connectivity index (χ3v) is 8.52. The van der Waals surface area contributed by atoms with Crippen molar-refractivity contribution in [1.29, 1.82) is 0 Å². The summed E-state index contributed by atoms with van der Waals surface area (Å²) in [5.41, 5.74) is 1.42. The van der Waals surface area contributed by atoms with E-state index in [4.69, 9.17) is 4.74 Å². The van der Waals surface area contributed by atoms with Crippen LogP contribution in [0.15, 0.2) is 47.4 Å². The molecule has 0 bridgehead atoms. The van der Waals surface area contributed by atoms with Gasteiger partial charge in [0.1, 0.15) is 10.6 Å². The number of nitrogens with zero attached hydrogens (tertiary/aromatic N) is 2. The molecule has 0 saturated heterocycles. The van der Waals surface area contributed by atoms with E-state index in [0.717, 1.165) is 28.5 Å². The lowest BCUT2D eigenvalue weighted by molar-refractivity contribution is 0.0653. The maximum Gasteiger partial charge on any atom is 0.269 e. The molecule has 5 rings (SSSR count). The van der Waals surface area contributed by atoms with Gasteiger partial charge < -0.3 is 9.64 Å². The molecule has 3 aliphatic rings. The van der Waals surface area contributed by atoms with E-state index in [9.17, 15) is 18.0 Å².